The van der Waals surface area contributed by atoms with Gasteiger partial charge in [-0.25, -0.2) is 0 Å². The molecule has 2 unspecified atom stereocenters. The van der Waals surface area contributed by atoms with Crippen LogP contribution < -0.4 is 5.32 Å². The second-order valence-corrected chi connectivity index (χ2v) is 4.70. The minimum Gasteiger partial charge on any atom is -0.395 e. The smallest absolute Gasteiger partial charge is 0.0657 e. The van der Waals surface area contributed by atoms with E-state index in [9.17, 15) is 0 Å². The van der Waals surface area contributed by atoms with E-state index in [0.717, 1.165) is 19.3 Å². The number of ether oxygens (including phenoxy) is 1. The fourth-order valence-corrected chi connectivity index (χ4v) is 2.91. The number of nitrogens with one attached hydrogen (secondary N) is 1. The van der Waals surface area contributed by atoms with Crippen LogP contribution >= 0.6 is 0 Å². The number of aliphatic hydroxyl groups excluding tert-OH is 1. The van der Waals surface area contributed by atoms with E-state index >= 15 is 0 Å². The Balaban J connectivity index is 2.60. The van der Waals surface area contributed by atoms with E-state index in [1.54, 1.807) is 7.11 Å². The highest BCUT2D eigenvalue weighted by molar-refractivity contribution is 5.07. The molecule has 0 bridgehead atoms. The van der Waals surface area contributed by atoms with Gasteiger partial charge in [0, 0.05) is 24.6 Å². The third kappa shape index (κ3) is 2.19. The summed E-state index contributed by atoms with van der Waals surface area (Å²) in [6.45, 7) is 6.69. The Hall–Kier alpha value is -0.120. The van der Waals surface area contributed by atoms with Gasteiger partial charge in [-0.3, -0.25) is 0 Å². The quantitative estimate of drug-likeness (QED) is 0.706. The first-order valence-corrected chi connectivity index (χ1v) is 6.04. The van der Waals surface area contributed by atoms with E-state index < -0.39 is 0 Å². The molecule has 0 heterocycles. The Labute approximate surface area is 93.2 Å². The number of methoxy groups -OCH3 is 1. The molecule has 3 nitrogen and oxygen atoms in total. The zero-order chi connectivity index (χ0) is 11.5. The molecule has 0 amide bonds. The summed E-state index contributed by atoms with van der Waals surface area (Å²) in [5.41, 5.74) is 0.276. The molecule has 15 heavy (non-hydrogen) atoms. The molecular weight excluding hydrogens is 190 g/mol. The fourth-order valence-electron chi connectivity index (χ4n) is 2.91. The lowest BCUT2D eigenvalue weighted by Gasteiger charge is -2.56. The van der Waals surface area contributed by atoms with Crippen LogP contribution in [-0.4, -0.2) is 37.0 Å². The molecule has 0 aromatic heterocycles. The highest BCUT2D eigenvalue weighted by Gasteiger charge is 2.52. The van der Waals surface area contributed by atoms with Crippen molar-refractivity contribution in [2.45, 2.75) is 58.2 Å². The van der Waals surface area contributed by atoms with Crippen molar-refractivity contribution in [3.05, 3.63) is 0 Å². The summed E-state index contributed by atoms with van der Waals surface area (Å²) >= 11 is 0. The Bertz CT molecular complexity index is 192. The number of rotatable bonds is 6. The second-order valence-electron chi connectivity index (χ2n) is 4.70. The molecule has 1 aliphatic carbocycles. The molecule has 3 atom stereocenters. The second kappa shape index (κ2) is 5.28. The molecule has 1 fully saturated rings. The molecule has 0 aromatic rings. The third-order valence-corrected chi connectivity index (χ3v) is 4.15. The van der Waals surface area contributed by atoms with Crippen LogP contribution in [0.2, 0.25) is 0 Å². The van der Waals surface area contributed by atoms with Gasteiger partial charge in [0.2, 0.25) is 0 Å². The number of aliphatic hydroxyl groups is 1. The van der Waals surface area contributed by atoms with Gasteiger partial charge in [-0.05, 0) is 26.2 Å². The van der Waals surface area contributed by atoms with Gasteiger partial charge in [0.25, 0.3) is 0 Å². The lowest BCUT2D eigenvalue weighted by atomic mass is 9.58. The van der Waals surface area contributed by atoms with Gasteiger partial charge >= 0.3 is 0 Å². The summed E-state index contributed by atoms with van der Waals surface area (Å²) in [4.78, 5) is 0. The van der Waals surface area contributed by atoms with Crippen molar-refractivity contribution in [1.82, 2.24) is 5.32 Å². The van der Waals surface area contributed by atoms with Crippen molar-refractivity contribution in [3.8, 4) is 0 Å². The lowest BCUT2D eigenvalue weighted by molar-refractivity contribution is -0.126. The summed E-state index contributed by atoms with van der Waals surface area (Å²) in [5, 5.41) is 12.5. The minimum absolute atomic E-state index is 0.185. The largest absolute Gasteiger partial charge is 0.395 e. The summed E-state index contributed by atoms with van der Waals surface area (Å²) in [6.07, 6.45) is 3.73. The first kappa shape index (κ1) is 12.9. The normalized spacial score (nSPS) is 31.0. The number of hydrogen-bond acceptors (Lipinski definition) is 3. The Morgan fingerprint density at radius 2 is 2.07 bits per heavy atom. The van der Waals surface area contributed by atoms with Crippen molar-refractivity contribution >= 4 is 0 Å². The standard InChI is InChI=1S/C12H25NO2/c1-5-12(6-2)10(7-11(12)15-4)13-9(3)8-14/h9-11,13-14H,5-8H2,1-4H3/t9-,10?,11?/m0/s1. The van der Waals surface area contributed by atoms with Crippen LogP contribution in [0.3, 0.4) is 0 Å². The minimum atomic E-state index is 0.185. The van der Waals surface area contributed by atoms with Crippen molar-refractivity contribution in [2.75, 3.05) is 13.7 Å². The lowest BCUT2D eigenvalue weighted by Crippen LogP contribution is -2.64. The van der Waals surface area contributed by atoms with Crippen molar-refractivity contribution in [1.29, 1.82) is 0 Å². The van der Waals surface area contributed by atoms with Gasteiger partial charge < -0.3 is 15.2 Å². The fraction of sp³-hybridized carbons (Fsp3) is 1.00. The molecule has 1 aliphatic rings. The van der Waals surface area contributed by atoms with Gasteiger partial charge in [-0.2, -0.15) is 0 Å². The molecule has 0 aromatic carbocycles. The number of hydrogen-bond donors (Lipinski definition) is 2. The van der Waals surface area contributed by atoms with Crippen LogP contribution in [-0.2, 0) is 4.74 Å². The van der Waals surface area contributed by atoms with Gasteiger partial charge in [0.15, 0.2) is 0 Å². The molecule has 1 saturated carbocycles. The van der Waals surface area contributed by atoms with E-state index in [1.165, 1.54) is 0 Å². The maximum Gasteiger partial charge on any atom is 0.0657 e. The summed E-state index contributed by atoms with van der Waals surface area (Å²) in [7, 11) is 1.80. The van der Waals surface area contributed by atoms with Crippen molar-refractivity contribution in [3.63, 3.8) is 0 Å². The van der Waals surface area contributed by atoms with Crippen LogP contribution in [0, 0.1) is 5.41 Å². The topological polar surface area (TPSA) is 41.5 Å². The van der Waals surface area contributed by atoms with E-state index in [-0.39, 0.29) is 18.1 Å². The SMILES string of the molecule is CCC1(CC)C(N[C@@H](C)CO)CC1OC. The third-order valence-electron chi connectivity index (χ3n) is 4.15. The molecule has 3 heteroatoms. The Morgan fingerprint density at radius 3 is 2.47 bits per heavy atom. The van der Waals surface area contributed by atoms with E-state index in [2.05, 4.69) is 19.2 Å². The van der Waals surface area contributed by atoms with E-state index in [0.29, 0.717) is 12.1 Å². The molecule has 0 saturated heterocycles. The zero-order valence-corrected chi connectivity index (χ0v) is 10.4. The van der Waals surface area contributed by atoms with E-state index in [1.807, 2.05) is 6.92 Å². The average molecular weight is 215 g/mol. The molecular formula is C12H25NO2. The molecule has 0 radical (unpaired) electrons. The van der Waals surface area contributed by atoms with Crippen LogP contribution in [0.25, 0.3) is 0 Å². The summed E-state index contributed by atoms with van der Waals surface area (Å²) < 4.78 is 5.53. The molecule has 1 rings (SSSR count). The van der Waals surface area contributed by atoms with Crippen LogP contribution in [0.15, 0.2) is 0 Å². The highest BCUT2D eigenvalue weighted by Crippen LogP contribution is 2.48. The van der Waals surface area contributed by atoms with Gasteiger partial charge in [0.1, 0.15) is 0 Å². The van der Waals surface area contributed by atoms with Crippen LogP contribution in [0.5, 0.6) is 0 Å². The van der Waals surface area contributed by atoms with Crippen molar-refractivity contribution in [2.24, 2.45) is 5.41 Å². The van der Waals surface area contributed by atoms with Crippen molar-refractivity contribution < 1.29 is 9.84 Å². The van der Waals surface area contributed by atoms with Gasteiger partial charge in [0.05, 0.1) is 12.7 Å². The monoisotopic (exact) mass is 215 g/mol. The van der Waals surface area contributed by atoms with Gasteiger partial charge in [-0.1, -0.05) is 13.8 Å². The Morgan fingerprint density at radius 1 is 1.47 bits per heavy atom. The molecule has 2 N–H and O–H groups in total. The first-order chi connectivity index (χ1) is 7.14. The van der Waals surface area contributed by atoms with Crippen LogP contribution in [0.1, 0.15) is 40.0 Å². The first-order valence-electron chi connectivity index (χ1n) is 6.04. The van der Waals surface area contributed by atoms with E-state index in [4.69, 9.17) is 9.84 Å². The maximum absolute atomic E-state index is 9.05. The predicted molar refractivity (Wildman–Crippen MR) is 61.9 cm³/mol. The van der Waals surface area contributed by atoms with Gasteiger partial charge in [-0.15, -0.1) is 0 Å². The summed E-state index contributed by atoms with van der Waals surface area (Å²) in [5.74, 6) is 0. The maximum atomic E-state index is 9.05. The molecule has 0 spiro atoms. The summed E-state index contributed by atoms with van der Waals surface area (Å²) in [6, 6.07) is 0.685. The van der Waals surface area contributed by atoms with Crippen LogP contribution in [0.4, 0.5) is 0 Å². The average Bonchev–Trinajstić information content (AvgIpc) is 2.25. The Kier molecular flexibility index (Phi) is 4.56. The predicted octanol–water partition coefficient (Wildman–Crippen LogP) is 1.55. The molecule has 90 valence electrons. The molecule has 0 aliphatic heterocycles. The highest BCUT2D eigenvalue weighted by atomic mass is 16.5. The zero-order valence-electron chi connectivity index (χ0n) is 10.4.